The summed E-state index contributed by atoms with van der Waals surface area (Å²) in [6.07, 6.45) is 5.19. The molecule has 1 aliphatic carbocycles. The Kier molecular flexibility index (Phi) is 4.20. The van der Waals surface area contributed by atoms with E-state index in [9.17, 15) is 9.59 Å². The van der Waals surface area contributed by atoms with E-state index >= 15 is 0 Å². The molecule has 1 amide bonds. The van der Waals surface area contributed by atoms with Crippen molar-refractivity contribution in [1.29, 1.82) is 0 Å². The quantitative estimate of drug-likeness (QED) is 0.837. The second-order valence-corrected chi connectivity index (χ2v) is 7.22. The minimum atomic E-state index is -0.482. The predicted octanol–water partition coefficient (Wildman–Crippen LogP) is 3.80. The summed E-state index contributed by atoms with van der Waals surface area (Å²) in [6.45, 7) is 3.06. The zero-order chi connectivity index (χ0) is 17.4. The molecule has 0 atom stereocenters. The normalized spacial score (nSPS) is 17.6. The van der Waals surface area contributed by atoms with Crippen LogP contribution in [0.3, 0.4) is 0 Å². The molecule has 1 fully saturated rings. The van der Waals surface area contributed by atoms with Crippen LogP contribution in [0.25, 0.3) is 0 Å². The van der Waals surface area contributed by atoms with E-state index in [1.165, 1.54) is 17.5 Å². The van der Waals surface area contributed by atoms with E-state index in [1.54, 1.807) is 4.90 Å². The van der Waals surface area contributed by atoms with Gasteiger partial charge in [0.05, 0.1) is 0 Å². The monoisotopic (exact) mass is 337 g/mol. The lowest BCUT2D eigenvalue weighted by Crippen LogP contribution is -2.35. The molecular formula is C21H23NO3. The highest BCUT2D eigenvalue weighted by atomic mass is 16.4. The number of aryl methyl sites for hydroxylation is 2. The molecule has 1 aromatic carbocycles. The molecule has 4 nitrogen and oxygen atoms in total. The predicted molar refractivity (Wildman–Crippen MR) is 95.8 cm³/mol. The first-order valence-electron chi connectivity index (χ1n) is 9.14. The van der Waals surface area contributed by atoms with Crippen LogP contribution in [0.2, 0.25) is 0 Å². The lowest BCUT2D eigenvalue weighted by atomic mass is 9.83. The third-order valence-electron chi connectivity index (χ3n) is 5.53. The lowest BCUT2D eigenvalue weighted by molar-refractivity contribution is 0.0739. The van der Waals surface area contributed by atoms with Gasteiger partial charge in [0.25, 0.3) is 5.91 Å². The number of benzene rings is 1. The van der Waals surface area contributed by atoms with Gasteiger partial charge >= 0.3 is 5.63 Å². The third kappa shape index (κ3) is 3.01. The zero-order valence-corrected chi connectivity index (χ0v) is 14.6. The molecule has 25 heavy (non-hydrogen) atoms. The Labute approximate surface area is 147 Å². The van der Waals surface area contributed by atoms with Crippen molar-refractivity contribution < 1.29 is 9.21 Å². The van der Waals surface area contributed by atoms with Crippen LogP contribution in [0.15, 0.2) is 39.5 Å². The first-order chi connectivity index (χ1) is 12.1. The fourth-order valence-corrected chi connectivity index (χ4v) is 3.82. The number of rotatable bonds is 2. The maximum Gasteiger partial charge on any atom is 0.349 e. The molecule has 0 spiro atoms. The van der Waals surface area contributed by atoms with Crippen LogP contribution in [-0.2, 0) is 13.0 Å². The van der Waals surface area contributed by atoms with Crippen LogP contribution in [-0.4, -0.2) is 17.4 Å². The van der Waals surface area contributed by atoms with Gasteiger partial charge in [0.15, 0.2) is 0 Å². The topological polar surface area (TPSA) is 50.5 Å². The van der Waals surface area contributed by atoms with Gasteiger partial charge in [0.1, 0.15) is 11.3 Å². The van der Waals surface area contributed by atoms with Gasteiger partial charge in [-0.2, -0.15) is 0 Å². The molecule has 0 N–H and O–H groups in total. The molecule has 1 saturated carbocycles. The van der Waals surface area contributed by atoms with Gasteiger partial charge < -0.3 is 9.32 Å². The zero-order valence-electron chi connectivity index (χ0n) is 14.6. The van der Waals surface area contributed by atoms with Crippen molar-refractivity contribution in [1.82, 2.24) is 4.90 Å². The van der Waals surface area contributed by atoms with Crippen LogP contribution in [0.1, 0.15) is 64.4 Å². The van der Waals surface area contributed by atoms with Crippen molar-refractivity contribution in [3.8, 4) is 0 Å². The lowest BCUT2D eigenvalue weighted by Gasteiger charge is -2.25. The molecular weight excluding hydrogens is 314 g/mol. The number of carbonyl (C=O) groups excluding carboxylic acids is 1. The molecule has 4 rings (SSSR count). The summed E-state index contributed by atoms with van der Waals surface area (Å²) in [5.74, 6) is 0.884. The van der Waals surface area contributed by atoms with E-state index in [0.29, 0.717) is 19.0 Å². The van der Waals surface area contributed by atoms with Gasteiger partial charge in [-0.3, -0.25) is 4.79 Å². The molecule has 4 heteroatoms. The average molecular weight is 337 g/mol. The van der Waals surface area contributed by atoms with Crippen molar-refractivity contribution >= 4 is 5.91 Å². The number of nitrogens with zero attached hydrogens (tertiary/aromatic N) is 1. The molecule has 0 bridgehead atoms. The van der Waals surface area contributed by atoms with Crippen molar-refractivity contribution in [2.45, 2.75) is 51.5 Å². The number of amides is 1. The van der Waals surface area contributed by atoms with Gasteiger partial charge in [0.2, 0.25) is 0 Å². The number of fused-ring (bicyclic) bond motifs is 1. The van der Waals surface area contributed by atoms with Gasteiger partial charge in [-0.15, -0.1) is 0 Å². The van der Waals surface area contributed by atoms with Gasteiger partial charge in [-0.05, 0) is 55.4 Å². The van der Waals surface area contributed by atoms with Crippen molar-refractivity contribution in [2.24, 2.45) is 0 Å². The molecule has 0 saturated heterocycles. The van der Waals surface area contributed by atoms with Gasteiger partial charge in [-0.25, -0.2) is 4.79 Å². The Balaban J connectivity index is 1.63. The summed E-state index contributed by atoms with van der Waals surface area (Å²) in [4.78, 5) is 27.3. The highest BCUT2D eigenvalue weighted by molar-refractivity contribution is 5.95. The highest BCUT2D eigenvalue weighted by Crippen LogP contribution is 2.36. The summed E-state index contributed by atoms with van der Waals surface area (Å²) < 4.78 is 5.50. The van der Waals surface area contributed by atoms with Crippen LogP contribution in [0.4, 0.5) is 0 Å². The Morgan fingerprint density at radius 3 is 2.60 bits per heavy atom. The molecule has 2 aromatic rings. The van der Waals surface area contributed by atoms with Crippen molar-refractivity contribution in [3.63, 3.8) is 0 Å². The SMILES string of the molecule is Cc1cc(C2CCC2)oc(=O)c1C(=O)N1CCCc2ccccc2C1. The third-order valence-corrected chi connectivity index (χ3v) is 5.53. The first-order valence-corrected chi connectivity index (χ1v) is 9.14. The smallest absolute Gasteiger partial charge is 0.349 e. The maximum atomic E-state index is 13.0. The fraction of sp³-hybridized carbons (Fsp3) is 0.429. The summed E-state index contributed by atoms with van der Waals surface area (Å²) in [7, 11) is 0. The number of carbonyl (C=O) groups is 1. The van der Waals surface area contributed by atoms with Crippen LogP contribution < -0.4 is 5.63 Å². The van der Waals surface area contributed by atoms with Gasteiger partial charge in [-0.1, -0.05) is 30.7 Å². The van der Waals surface area contributed by atoms with Crippen molar-refractivity contribution in [3.05, 3.63) is 68.8 Å². The fourth-order valence-electron chi connectivity index (χ4n) is 3.82. The van der Waals surface area contributed by atoms with Crippen LogP contribution in [0, 0.1) is 6.92 Å². The molecule has 0 unspecified atom stereocenters. The summed E-state index contributed by atoms with van der Waals surface area (Å²) in [5, 5.41) is 0. The Morgan fingerprint density at radius 2 is 1.92 bits per heavy atom. The molecule has 0 radical (unpaired) electrons. The Hall–Kier alpha value is -2.36. The molecule has 130 valence electrons. The molecule has 1 aromatic heterocycles. The summed E-state index contributed by atoms with van der Waals surface area (Å²) in [6, 6.07) is 10.1. The second kappa shape index (κ2) is 6.51. The van der Waals surface area contributed by atoms with E-state index < -0.39 is 5.63 Å². The van der Waals surface area contributed by atoms with E-state index in [-0.39, 0.29) is 11.5 Å². The highest BCUT2D eigenvalue weighted by Gasteiger charge is 2.28. The average Bonchev–Trinajstić information content (AvgIpc) is 2.74. The Morgan fingerprint density at radius 1 is 1.16 bits per heavy atom. The molecule has 2 aliphatic rings. The van der Waals surface area contributed by atoms with Crippen LogP contribution >= 0.6 is 0 Å². The van der Waals surface area contributed by atoms with Crippen molar-refractivity contribution in [2.75, 3.05) is 6.54 Å². The summed E-state index contributed by atoms with van der Waals surface area (Å²) >= 11 is 0. The maximum absolute atomic E-state index is 13.0. The number of hydrogen-bond donors (Lipinski definition) is 0. The minimum absolute atomic E-state index is 0.197. The molecule has 1 aliphatic heterocycles. The second-order valence-electron chi connectivity index (χ2n) is 7.22. The molecule has 2 heterocycles. The van der Waals surface area contributed by atoms with E-state index in [4.69, 9.17) is 4.42 Å². The Bertz CT molecular complexity index is 864. The van der Waals surface area contributed by atoms with E-state index in [2.05, 4.69) is 12.1 Å². The van der Waals surface area contributed by atoms with E-state index in [0.717, 1.165) is 37.0 Å². The number of hydrogen-bond acceptors (Lipinski definition) is 3. The first kappa shape index (κ1) is 16.1. The van der Waals surface area contributed by atoms with Crippen LogP contribution in [0.5, 0.6) is 0 Å². The minimum Gasteiger partial charge on any atom is -0.427 e. The summed E-state index contributed by atoms with van der Waals surface area (Å²) in [5.41, 5.74) is 2.91. The van der Waals surface area contributed by atoms with E-state index in [1.807, 2.05) is 25.1 Å². The largest absolute Gasteiger partial charge is 0.427 e. The van der Waals surface area contributed by atoms with Gasteiger partial charge in [0, 0.05) is 19.0 Å². The standard InChI is InChI=1S/C21H23NO3/c1-14-12-18(16-8-4-9-16)25-21(24)19(14)20(23)22-11-5-10-15-6-2-3-7-17(15)13-22/h2-3,6-7,12,16H,4-5,8-11,13H2,1H3.